The van der Waals surface area contributed by atoms with Crippen molar-refractivity contribution >= 4 is 31.9 Å². The average Bonchev–Trinajstić information content (AvgIpc) is 2.15. The second-order valence-corrected chi connectivity index (χ2v) is 4.56. The van der Waals surface area contributed by atoms with E-state index in [9.17, 15) is 10.2 Å². The average molecular weight is 320 g/mol. The van der Waals surface area contributed by atoms with Gasteiger partial charge in [-0.15, -0.1) is 0 Å². The van der Waals surface area contributed by atoms with E-state index in [0.717, 1.165) is 0 Å². The van der Waals surface area contributed by atoms with Gasteiger partial charge < -0.3 is 19.7 Å². The van der Waals surface area contributed by atoms with Crippen LogP contribution in [0, 0.1) is 0 Å². The fraction of sp³-hybridized carbons (Fsp3) is 1.00. The van der Waals surface area contributed by atoms with Crippen molar-refractivity contribution in [2.24, 2.45) is 0 Å². The standard InChI is InChI=1S/C7H12Br2O4/c1-12-7-6(11)4(9)5(10)3(2-8)13-7/h3-7,10-11H,2H2,1H3/t3-,4-,5-,6-,7+/m1/s1. The molecule has 0 radical (unpaired) electrons. The molecule has 1 rings (SSSR count). The van der Waals surface area contributed by atoms with E-state index in [2.05, 4.69) is 31.9 Å². The Bertz CT molecular complexity index is 149. The largest absolute Gasteiger partial charge is 0.389 e. The number of aliphatic hydroxyl groups excluding tert-OH is 2. The van der Waals surface area contributed by atoms with Crippen LogP contribution in [0.1, 0.15) is 0 Å². The van der Waals surface area contributed by atoms with Crippen LogP contribution in [0.25, 0.3) is 0 Å². The molecule has 2 N–H and O–H groups in total. The van der Waals surface area contributed by atoms with Gasteiger partial charge in [-0.3, -0.25) is 0 Å². The van der Waals surface area contributed by atoms with Crippen molar-refractivity contribution in [1.29, 1.82) is 0 Å². The fourth-order valence-corrected chi connectivity index (χ4v) is 2.34. The Morgan fingerprint density at radius 1 is 1.38 bits per heavy atom. The molecule has 1 aliphatic heterocycles. The first-order valence-electron chi connectivity index (χ1n) is 3.86. The molecule has 1 saturated heterocycles. The van der Waals surface area contributed by atoms with Gasteiger partial charge in [0.05, 0.1) is 17.0 Å². The summed E-state index contributed by atoms with van der Waals surface area (Å²) >= 11 is 6.41. The number of methoxy groups -OCH3 is 1. The zero-order chi connectivity index (χ0) is 10.0. The molecule has 0 bridgehead atoms. The Hall–Kier alpha value is 0.800. The van der Waals surface area contributed by atoms with Gasteiger partial charge in [-0.05, 0) is 0 Å². The van der Waals surface area contributed by atoms with Crippen LogP contribution in [-0.4, -0.2) is 52.1 Å². The Kier molecular flexibility index (Phi) is 4.61. The lowest BCUT2D eigenvalue weighted by atomic mass is 10.0. The zero-order valence-corrected chi connectivity index (χ0v) is 10.2. The van der Waals surface area contributed by atoms with Crippen molar-refractivity contribution in [3.63, 3.8) is 0 Å². The Balaban J connectivity index is 2.66. The lowest BCUT2D eigenvalue weighted by Crippen LogP contribution is -2.56. The predicted molar refractivity (Wildman–Crippen MR) is 54.2 cm³/mol. The smallest absolute Gasteiger partial charge is 0.184 e. The maximum atomic E-state index is 9.60. The van der Waals surface area contributed by atoms with Crippen LogP contribution in [0.2, 0.25) is 0 Å². The molecule has 0 aromatic carbocycles. The summed E-state index contributed by atoms with van der Waals surface area (Å²) in [5.41, 5.74) is 0. The number of halogens is 2. The number of hydrogen-bond donors (Lipinski definition) is 2. The number of aliphatic hydroxyl groups is 2. The first-order chi connectivity index (χ1) is 6.11. The van der Waals surface area contributed by atoms with Gasteiger partial charge in [-0.1, -0.05) is 31.9 Å². The highest BCUT2D eigenvalue weighted by molar-refractivity contribution is 9.09. The maximum Gasteiger partial charge on any atom is 0.184 e. The summed E-state index contributed by atoms with van der Waals surface area (Å²) < 4.78 is 10.2. The molecule has 5 atom stereocenters. The first-order valence-corrected chi connectivity index (χ1v) is 5.90. The van der Waals surface area contributed by atoms with Crippen LogP contribution < -0.4 is 0 Å². The summed E-state index contributed by atoms with van der Waals surface area (Å²) in [6, 6.07) is 0. The van der Waals surface area contributed by atoms with Gasteiger partial charge in [-0.2, -0.15) is 0 Å². The lowest BCUT2D eigenvalue weighted by Gasteiger charge is -2.39. The van der Waals surface area contributed by atoms with Gasteiger partial charge in [0, 0.05) is 12.4 Å². The van der Waals surface area contributed by atoms with Gasteiger partial charge in [0.15, 0.2) is 6.29 Å². The third-order valence-electron chi connectivity index (χ3n) is 2.01. The van der Waals surface area contributed by atoms with Crippen LogP contribution in [0.3, 0.4) is 0 Å². The van der Waals surface area contributed by atoms with Crippen LogP contribution >= 0.6 is 31.9 Å². The quantitative estimate of drug-likeness (QED) is 0.716. The van der Waals surface area contributed by atoms with Crippen molar-refractivity contribution in [2.45, 2.75) is 29.4 Å². The summed E-state index contributed by atoms with van der Waals surface area (Å²) in [7, 11) is 1.45. The zero-order valence-electron chi connectivity index (χ0n) is 7.06. The summed E-state index contributed by atoms with van der Waals surface area (Å²) in [4.78, 5) is -0.422. The Morgan fingerprint density at radius 3 is 2.46 bits per heavy atom. The normalized spacial score (nSPS) is 46.4. The van der Waals surface area contributed by atoms with Crippen LogP contribution in [0.15, 0.2) is 0 Å². The second kappa shape index (κ2) is 5.04. The molecule has 0 spiro atoms. The highest BCUT2D eigenvalue weighted by Crippen LogP contribution is 2.27. The third kappa shape index (κ3) is 2.43. The summed E-state index contributed by atoms with van der Waals surface area (Å²) in [6.07, 6.45) is -2.64. The molecule has 0 aliphatic carbocycles. The van der Waals surface area contributed by atoms with E-state index >= 15 is 0 Å². The molecule has 0 aromatic heterocycles. The van der Waals surface area contributed by atoms with Crippen molar-refractivity contribution in [1.82, 2.24) is 0 Å². The van der Waals surface area contributed by atoms with Gasteiger partial charge in [-0.25, -0.2) is 0 Å². The summed E-state index contributed by atoms with van der Waals surface area (Å²) in [6.45, 7) is 0. The summed E-state index contributed by atoms with van der Waals surface area (Å²) in [5.74, 6) is 0. The molecule has 1 heterocycles. The highest BCUT2D eigenvalue weighted by Gasteiger charge is 2.42. The fourth-order valence-electron chi connectivity index (χ4n) is 1.21. The van der Waals surface area contributed by atoms with Crippen LogP contribution in [0.5, 0.6) is 0 Å². The molecule has 0 amide bonds. The number of ether oxygens (including phenoxy) is 2. The van der Waals surface area contributed by atoms with E-state index in [4.69, 9.17) is 9.47 Å². The molecule has 0 saturated carbocycles. The van der Waals surface area contributed by atoms with Crippen molar-refractivity contribution in [3.05, 3.63) is 0 Å². The second-order valence-electron chi connectivity index (χ2n) is 2.86. The molecule has 0 aromatic rings. The van der Waals surface area contributed by atoms with Crippen LogP contribution in [0.4, 0.5) is 0 Å². The minimum atomic E-state index is -0.852. The SMILES string of the molecule is CO[C@H]1O[C@H](CBr)[C@@H](O)[C@@H](Br)[C@H]1O. The molecule has 13 heavy (non-hydrogen) atoms. The van der Waals surface area contributed by atoms with E-state index in [1.165, 1.54) is 7.11 Å². The first kappa shape index (κ1) is 11.9. The molecule has 78 valence electrons. The van der Waals surface area contributed by atoms with E-state index in [-0.39, 0.29) is 6.10 Å². The third-order valence-corrected chi connectivity index (χ3v) is 3.73. The van der Waals surface area contributed by atoms with Crippen molar-refractivity contribution in [3.8, 4) is 0 Å². The van der Waals surface area contributed by atoms with E-state index in [0.29, 0.717) is 5.33 Å². The van der Waals surface area contributed by atoms with E-state index in [1.54, 1.807) is 0 Å². The maximum absolute atomic E-state index is 9.60. The monoisotopic (exact) mass is 318 g/mol. The molecule has 0 unspecified atom stereocenters. The minimum absolute atomic E-state index is 0.363. The highest BCUT2D eigenvalue weighted by atomic mass is 79.9. The van der Waals surface area contributed by atoms with Crippen molar-refractivity contribution in [2.75, 3.05) is 12.4 Å². The number of alkyl halides is 2. The Morgan fingerprint density at radius 2 is 2.00 bits per heavy atom. The van der Waals surface area contributed by atoms with Gasteiger partial charge in [0.1, 0.15) is 6.10 Å². The minimum Gasteiger partial charge on any atom is -0.389 e. The van der Waals surface area contributed by atoms with Gasteiger partial charge in [0.2, 0.25) is 0 Å². The molecule has 1 aliphatic rings. The predicted octanol–water partition coefficient (Wildman–Crippen LogP) is 0.238. The summed E-state index contributed by atoms with van der Waals surface area (Å²) in [5, 5.41) is 19.7. The van der Waals surface area contributed by atoms with Gasteiger partial charge in [0.25, 0.3) is 0 Å². The molecule has 4 nitrogen and oxygen atoms in total. The van der Waals surface area contributed by atoms with E-state index in [1.807, 2.05) is 0 Å². The van der Waals surface area contributed by atoms with Crippen LogP contribution in [-0.2, 0) is 9.47 Å². The topological polar surface area (TPSA) is 58.9 Å². The Labute approximate surface area is 93.5 Å². The van der Waals surface area contributed by atoms with Crippen molar-refractivity contribution < 1.29 is 19.7 Å². The number of hydrogen-bond acceptors (Lipinski definition) is 4. The molecular formula is C7H12Br2O4. The lowest BCUT2D eigenvalue weighted by molar-refractivity contribution is -0.246. The van der Waals surface area contributed by atoms with Gasteiger partial charge >= 0.3 is 0 Å². The molecular weight excluding hydrogens is 308 g/mol. The molecule has 1 fully saturated rings. The number of rotatable bonds is 2. The van der Waals surface area contributed by atoms with E-state index < -0.39 is 23.3 Å². The molecule has 6 heteroatoms.